The number of hydrazone groups is 1. The van der Waals surface area contributed by atoms with Gasteiger partial charge in [0.25, 0.3) is 5.91 Å². The molecule has 9 heteroatoms. The van der Waals surface area contributed by atoms with Crippen molar-refractivity contribution in [3.05, 3.63) is 106 Å². The summed E-state index contributed by atoms with van der Waals surface area (Å²) in [5, 5.41) is 10.6. The van der Waals surface area contributed by atoms with E-state index in [0.717, 1.165) is 16.8 Å². The van der Waals surface area contributed by atoms with E-state index in [4.69, 9.17) is 33.0 Å². The van der Waals surface area contributed by atoms with Gasteiger partial charge in [-0.25, -0.2) is 5.01 Å². The molecule has 0 aliphatic carbocycles. The summed E-state index contributed by atoms with van der Waals surface area (Å²) in [6.07, 6.45) is 0. The van der Waals surface area contributed by atoms with Gasteiger partial charge in [0, 0.05) is 21.5 Å². The van der Waals surface area contributed by atoms with Crippen LogP contribution in [0, 0.1) is 5.92 Å². The highest BCUT2D eigenvalue weighted by Gasteiger charge is 2.32. The molecule has 3 aromatic carbocycles. The average molecular weight is 551 g/mol. The predicted octanol–water partition coefficient (Wildman–Crippen LogP) is 5.78. The maximum atomic E-state index is 13.1. The van der Waals surface area contributed by atoms with Crippen molar-refractivity contribution in [3.63, 3.8) is 0 Å². The number of carbonyl (C=O) groups excluding carboxylic acids is 2. The summed E-state index contributed by atoms with van der Waals surface area (Å²) >= 11 is 12.1. The monoisotopic (exact) mass is 550 g/mol. The fraction of sp³-hybridized carbons (Fsp3) is 0.241. The minimum absolute atomic E-state index is 0.0857. The molecule has 0 bridgehead atoms. The van der Waals surface area contributed by atoms with Gasteiger partial charge in [-0.15, -0.1) is 0 Å². The lowest BCUT2D eigenvalue weighted by atomic mass is 9.91. The minimum atomic E-state index is -0.496. The molecular weight excluding hydrogens is 523 g/mol. The van der Waals surface area contributed by atoms with E-state index in [0.29, 0.717) is 22.2 Å². The van der Waals surface area contributed by atoms with Gasteiger partial charge < -0.3 is 4.74 Å². The molecule has 0 radical (unpaired) electrons. The number of esters is 1. The summed E-state index contributed by atoms with van der Waals surface area (Å²) in [5.41, 5.74) is 3.22. The highest BCUT2D eigenvalue weighted by Crippen LogP contribution is 2.29. The van der Waals surface area contributed by atoms with Gasteiger partial charge in [0.2, 0.25) is 5.96 Å². The van der Waals surface area contributed by atoms with Gasteiger partial charge in [0.15, 0.2) is 0 Å². The number of ether oxygens (including phenoxy) is 1. The Morgan fingerprint density at radius 2 is 1.66 bits per heavy atom. The molecule has 1 heterocycles. The van der Waals surface area contributed by atoms with Crippen molar-refractivity contribution in [2.75, 3.05) is 19.7 Å². The van der Waals surface area contributed by atoms with Crippen LogP contribution in [0.4, 0.5) is 0 Å². The lowest BCUT2D eigenvalue weighted by Gasteiger charge is -2.20. The van der Waals surface area contributed by atoms with Crippen LogP contribution in [0.1, 0.15) is 41.3 Å². The number of amides is 1. The fourth-order valence-electron chi connectivity index (χ4n) is 4.01. The Morgan fingerprint density at radius 1 is 1.03 bits per heavy atom. The number of benzene rings is 3. The number of halogens is 2. The Bertz CT molecular complexity index is 1330. The lowest BCUT2D eigenvalue weighted by molar-refractivity contribution is -0.146. The van der Waals surface area contributed by atoms with Gasteiger partial charge in [-0.3, -0.25) is 19.9 Å². The molecular formula is C29H28Cl2N4O3. The number of guanidine groups is 1. The van der Waals surface area contributed by atoms with E-state index in [1.165, 1.54) is 0 Å². The Kier molecular flexibility index (Phi) is 9.15. The molecule has 1 amide bonds. The first kappa shape index (κ1) is 27.4. The molecule has 1 aliphatic rings. The number of nitrogens with one attached hydrogen (secondary N) is 1. The number of nitrogens with zero attached hydrogens (tertiary/aromatic N) is 3. The molecule has 4 rings (SSSR count). The third-order valence-corrected chi connectivity index (χ3v) is 6.54. The smallest absolute Gasteiger partial charge is 0.310 e. The van der Waals surface area contributed by atoms with Crippen LogP contribution in [0.25, 0.3) is 0 Å². The van der Waals surface area contributed by atoms with Gasteiger partial charge in [0.1, 0.15) is 0 Å². The standard InChI is InChI=1S/C29H28Cl2N4O3/c1-3-38-28(37)19(2)17-32-29(33-27(36)22-11-15-24(31)16-12-22)35-18-25(20-7-5-4-6-8-20)26(34-35)21-9-13-23(30)14-10-21/h4-16,19,25H,3,17-18H2,1-2H3,(H,32,33,36). The van der Waals surface area contributed by atoms with E-state index in [1.54, 1.807) is 43.1 Å². The van der Waals surface area contributed by atoms with Crippen LogP contribution in [0.2, 0.25) is 10.0 Å². The van der Waals surface area contributed by atoms with Gasteiger partial charge >= 0.3 is 5.97 Å². The first-order valence-corrected chi connectivity index (χ1v) is 13.1. The normalized spacial score (nSPS) is 16.1. The number of carbonyl (C=O) groups is 2. The van der Waals surface area contributed by atoms with Gasteiger partial charge in [-0.2, -0.15) is 5.10 Å². The van der Waals surface area contributed by atoms with E-state index >= 15 is 0 Å². The summed E-state index contributed by atoms with van der Waals surface area (Å²) in [6, 6.07) is 24.1. The maximum absolute atomic E-state index is 13.1. The van der Waals surface area contributed by atoms with Crippen molar-refractivity contribution < 1.29 is 14.3 Å². The van der Waals surface area contributed by atoms with Crippen molar-refractivity contribution in [1.82, 2.24) is 10.3 Å². The zero-order valence-electron chi connectivity index (χ0n) is 21.1. The minimum Gasteiger partial charge on any atom is -0.466 e. The maximum Gasteiger partial charge on any atom is 0.310 e. The fourth-order valence-corrected chi connectivity index (χ4v) is 4.26. The first-order valence-electron chi connectivity index (χ1n) is 12.3. The van der Waals surface area contributed by atoms with Crippen LogP contribution in [0.3, 0.4) is 0 Å². The number of rotatable bonds is 7. The molecule has 0 saturated heterocycles. The molecule has 0 fully saturated rings. The highest BCUT2D eigenvalue weighted by atomic mass is 35.5. The Labute approximate surface area is 232 Å². The second kappa shape index (κ2) is 12.7. The topological polar surface area (TPSA) is 83.4 Å². The molecule has 7 nitrogen and oxygen atoms in total. The summed E-state index contributed by atoms with van der Waals surface area (Å²) < 4.78 is 5.12. The van der Waals surface area contributed by atoms with Crippen LogP contribution in [-0.2, 0) is 9.53 Å². The molecule has 196 valence electrons. The van der Waals surface area contributed by atoms with E-state index in [2.05, 4.69) is 10.3 Å². The largest absolute Gasteiger partial charge is 0.466 e. The number of hydrogen-bond donors (Lipinski definition) is 1. The molecule has 0 aromatic heterocycles. The van der Waals surface area contributed by atoms with Gasteiger partial charge in [-0.1, -0.05) is 72.6 Å². The second-order valence-electron chi connectivity index (χ2n) is 8.82. The highest BCUT2D eigenvalue weighted by molar-refractivity contribution is 6.31. The molecule has 0 spiro atoms. The number of aliphatic imine (C=N–C) groups is 1. The van der Waals surface area contributed by atoms with Crippen molar-refractivity contribution in [2.24, 2.45) is 16.0 Å². The summed E-state index contributed by atoms with van der Waals surface area (Å²) in [7, 11) is 0. The third-order valence-electron chi connectivity index (χ3n) is 6.04. The van der Waals surface area contributed by atoms with Crippen molar-refractivity contribution in [3.8, 4) is 0 Å². The molecule has 38 heavy (non-hydrogen) atoms. The Balaban J connectivity index is 1.68. The summed E-state index contributed by atoms with van der Waals surface area (Å²) in [6.45, 7) is 4.33. The van der Waals surface area contributed by atoms with Crippen LogP contribution >= 0.6 is 23.2 Å². The van der Waals surface area contributed by atoms with E-state index in [-0.39, 0.29) is 36.9 Å². The Morgan fingerprint density at radius 3 is 2.29 bits per heavy atom. The molecule has 2 atom stereocenters. The van der Waals surface area contributed by atoms with Gasteiger partial charge in [-0.05, 0) is 54.4 Å². The molecule has 1 aliphatic heterocycles. The zero-order chi connectivity index (χ0) is 27.1. The second-order valence-corrected chi connectivity index (χ2v) is 9.69. The van der Waals surface area contributed by atoms with Crippen LogP contribution in [0.15, 0.2) is 89.0 Å². The Hall–Kier alpha value is -3.68. The summed E-state index contributed by atoms with van der Waals surface area (Å²) in [4.78, 5) is 30.0. The SMILES string of the molecule is CCOC(=O)C(C)CN=C(NC(=O)c1ccc(Cl)cc1)N1CC(c2ccccc2)C(c2ccc(Cl)cc2)=N1. The molecule has 2 unspecified atom stereocenters. The average Bonchev–Trinajstić information content (AvgIpc) is 3.37. The predicted molar refractivity (Wildman–Crippen MR) is 151 cm³/mol. The molecule has 1 N–H and O–H groups in total. The molecule has 0 saturated carbocycles. The third kappa shape index (κ3) is 6.79. The van der Waals surface area contributed by atoms with Crippen molar-refractivity contribution in [2.45, 2.75) is 19.8 Å². The van der Waals surface area contributed by atoms with Crippen molar-refractivity contribution >= 4 is 46.7 Å². The molecule has 3 aromatic rings. The summed E-state index contributed by atoms with van der Waals surface area (Å²) in [5.74, 6) is -1.06. The van der Waals surface area contributed by atoms with Crippen LogP contribution in [-0.4, -0.2) is 48.3 Å². The van der Waals surface area contributed by atoms with E-state index < -0.39 is 5.92 Å². The van der Waals surface area contributed by atoms with Crippen LogP contribution in [0.5, 0.6) is 0 Å². The van der Waals surface area contributed by atoms with Crippen molar-refractivity contribution in [1.29, 1.82) is 0 Å². The first-order chi connectivity index (χ1) is 18.4. The zero-order valence-corrected chi connectivity index (χ0v) is 22.6. The quantitative estimate of drug-likeness (QED) is 0.229. The van der Waals surface area contributed by atoms with Gasteiger partial charge in [0.05, 0.1) is 31.3 Å². The number of hydrogen-bond acceptors (Lipinski definition) is 5. The van der Waals surface area contributed by atoms with E-state index in [9.17, 15) is 9.59 Å². The lowest BCUT2D eigenvalue weighted by Crippen LogP contribution is -2.42. The van der Waals surface area contributed by atoms with E-state index in [1.807, 2.05) is 54.6 Å². The van der Waals surface area contributed by atoms with Crippen LogP contribution < -0.4 is 5.32 Å².